The lowest BCUT2D eigenvalue weighted by molar-refractivity contribution is -0.00110. The minimum Gasteiger partial charge on any atom is -0.389 e. The molecule has 1 aliphatic heterocycles. The number of hydrogen-bond acceptors (Lipinski definition) is 6. The molecule has 1 fully saturated rings. The number of piperazine rings is 1. The molecule has 6 heteroatoms. The van der Waals surface area contributed by atoms with Gasteiger partial charge in [-0.15, -0.1) is 0 Å². The van der Waals surface area contributed by atoms with Crippen LogP contribution < -0.4 is 4.90 Å². The Morgan fingerprint density at radius 1 is 1.24 bits per heavy atom. The van der Waals surface area contributed by atoms with Gasteiger partial charge in [0.15, 0.2) is 0 Å². The van der Waals surface area contributed by atoms with Crippen molar-refractivity contribution in [3.8, 4) is 0 Å². The third-order valence-corrected chi connectivity index (χ3v) is 3.56. The van der Waals surface area contributed by atoms with Crippen molar-refractivity contribution in [1.29, 1.82) is 0 Å². The van der Waals surface area contributed by atoms with Crippen molar-refractivity contribution in [2.24, 2.45) is 0 Å². The van der Waals surface area contributed by atoms with Crippen molar-refractivity contribution in [2.45, 2.75) is 6.10 Å². The van der Waals surface area contributed by atoms with Crippen molar-refractivity contribution in [2.75, 3.05) is 64.6 Å². The smallest absolute Gasteiger partial charge is 0.128 e. The van der Waals surface area contributed by atoms with E-state index in [4.69, 9.17) is 9.47 Å². The molecule has 1 aromatic rings. The quantitative estimate of drug-likeness (QED) is 0.693. The summed E-state index contributed by atoms with van der Waals surface area (Å²) in [6.45, 7) is 5.86. The van der Waals surface area contributed by atoms with Gasteiger partial charge in [-0.1, -0.05) is 6.07 Å². The Balaban J connectivity index is 1.65. The summed E-state index contributed by atoms with van der Waals surface area (Å²) in [6.07, 6.45) is 1.38. The third-order valence-electron chi connectivity index (χ3n) is 3.56. The van der Waals surface area contributed by atoms with Crippen molar-refractivity contribution in [1.82, 2.24) is 9.88 Å². The van der Waals surface area contributed by atoms with Crippen LogP contribution in [0.25, 0.3) is 0 Å². The van der Waals surface area contributed by atoms with Gasteiger partial charge < -0.3 is 19.5 Å². The number of nitrogens with zero attached hydrogens (tertiary/aromatic N) is 3. The Kier molecular flexibility index (Phi) is 6.88. The Morgan fingerprint density at radius 3 is 2.71 bits per heavy atom. The first-order valence-electron chi connectivity index (χ1n) is 7.42. The van der Waals surface area contributed by atoms with Gasteiger partial charge in [0.25, 0.3) is 0 Å². The van der Waals surface area contributed by atoms with E-state index in [1.54, 1.807) is 7.11 Å². The van der Waals surface area contributed by atoms with Crippen LogP contribution in [0.3, 0.4) is 0 Å². The lowest BCUT2D eigenvalue weighted by atomic mass is 10.2. The van der Waals surface area contributed by atoms with Crippen LogP contribution in [0, 0.1) is 0 Å². The highest BCUT2D eigenvalue weighted by Gasteiger charge is 2.19. The fourth-order valence-corrected chi connectivity index (χ4v) is 2.41. The number of methoxy groups -OCH3 is 1. The number of aliphatic hydroxyl groups excluding tert-OH is 1. The monoisotopic (exact) mass is 295 g/mol. The predicted molar refractivity (Wildman–Crippen MR) is 81.6 cm³/mol. The Bertz CT molecular complexity index is 383. The molecule has 0 amide bonds. The molecule has 2 heterocycles. The molecule has 0 saturated carbocycles. The second-order valence-electron chi connectivity index (χ2n) is 5.20. The fourth-order valence-electron chi connectivity index (χ4n) is 2.41. The fraction of sp³-hybridized carbons (Fsp3) is 0.667. The maximum absolute atomic E-state index is 9.95. The number of ether oxygens (including phenoxy) is 2. The van der Waals surface area contributed by atoms with Gasteiger partial charge in [-0.3, -0.25) is 4.90 Å². The zero-order chi connectivity index (χ0) is 14.9. The molecule has 1 atom stereocenters. The molecule has 0 aliphatic carbocycles. The summed E-state index contributed by atoms with van der Waals surface area (Å²) in [5, 5.41) is 9.95. The van der Waals surface area contributed by atoms with Crippen molar-refractivity contribution in [3.05, 3.63) is 24.4 Å². The number of aliphatic hydroxyl groups is 1. The average molecular weight is 295 g/mol. The van der Waals surface area contributed by atoms with E-state index in [9.17, 15) is 5.11 Å². The van der Waals surface area contributed by atoms with Gasteiger partial charge in [0, 0.05) is 46.0 Å². The van der Waals surface area contributed by atoms with Crippen LogP contribution in [-0.4, -0.2) is 80.7 Å². The largest absolute Gasteiger partial charge is 0.389 e. The molecule has 1 unspecified atom stereocenters. The first-order chi connectivity index (χ1) is 10.3. The summed E-state index contributed by atoms with van der Waals surface area (Å²) in [5.41, 5.74) is 0. The van der Waals surface area contributed by atoms with E-state index in [0.717, 1.165) is 32.0 Å². The van der Waals surface area contributed by atoms with Crippen molar-refractivity contribution >= 4 is 5.82 Å². The first kappa shape index (κ1) is 16.2. The van der Waals surface area contributed by atoms with Gasteiger partial charge in [0.05, 0.1) is 25.9 Å². The molecule has 2 rings (SSSR count). The molecule has 118 valence electrons. The second-order valence-corrected chi connectivity index (χ2v) is 5.20. The minimum absolute atomic E-state index is 0.365. The average Bonchev–Trinajstić information content (AvgIpc) is 2.53. The standard InChI is InChI=1S/C15H25N3O3/c1-20-10-11-21-13-14(19)12-17-6-8-18(9-7-17)15-4-2-3-5-16-15/h2-5,14,19H,6-13H2,1H3. The first-order valence-corrected chi connectivity index (χ1v) is 7.42. The highest BCUT2D eigenvalue weighted by atomic mass is 16.5. The van der Waals surface area contributed by atoms with E-state index < -0.39 is 6.10 Å². The summed E-state index contributed by atoms with van der Waals surface area (Å²) < 4.78 is 10.2. The highest BCUT2D eigenvalue weighted by molar-refractivity contribution is 5.38. The maximum Gasteiger partial charge on any atom is 0.128 e. The summed E-state index contributed by atoms with van der Waals surface area (Å²) in [7, 11) is 1.64. The predicted octanol–water partition coefficient (Wildman–Crippen LogP) is 0.228. The molecular formula is C15H25N3O3. The van der Waals surface area contributed by atoms with Crippen molar-refractivity contribution in [3.63, 3.8) is 0 Å². The number of β-amino-alcohol motifs (C(OH)–C–C–N with tert-alkyl or cyclic N) is 1. The molecule has 1 aliphatic rings. The lowest BCUT2D eigenvalue weighted by Gasteiger charge is -2.36. The van der Waals surface area contributed by atoms with Gasteiger partial charge in [0.1, 0.15) is 5.82 Å². The Labute approximate surface area is 126 Å². The van der Waals surface area contributed by atoms with Gasteiger partial charge in [-0.25, -0.2) is 4.98 Å². The zero-order valence-corrected chi connectivity index (χ0v) is 12.6. The van der Waals surface area contributed by atoms with E-state index in [0.29, 0.717) is 26.4 Å². The van der Waals surface area contributed by atoms with Gasteiger partial charge in [0.2, 0.25) is 0 Å². The van der Waals surface area contributed by atoms with Crippen LogP contribution in [0.1, 0.15) is 0 Å². The minimum atomic E-state index is -0.441. The molecule has 0 bridgehead atoms. The normalized spacial score (nSPS) is 17.9. The SMILES string of the molecule is COCCOCC(O)CN1CCN(c2ccccn2)CC1. The molecule has 6 nitrogen and oxygen atoms in total. The molecular weight excluding hydrogens is 270 g/mol. The molecule has 1 saturated heterocycles. The zero-order valence-electron chi connectivity index (χ0n) is 12.6. The van der Waals surface area contributed by atoms with E-state index in [1.165, 1.54) is 0 Å². The highest BCUT2D eigenvalue weighted by Crippen LogP contribution is 2.12. The van der Waals surface area contributed by atoms with Crippen LogP contribution in [-0.2, 0) is 9.47 Å². The molecule has 1 aromatic heterocycles. The van der Waals surface area contributed by atoms with Gasteiger partial charge in [-0.05, 0) is 12.1 Å². The third kappa shape index (κ3) is 5.59. The summed E-state index contributed by atoms with van der Waals surface area (Å²) in [5.74, 6) is 1.03. The molecule has 0 aromatic carbocycles. The number of pyridine rings is 1. The topological polar surface area (TPSA) is 58.1 Å². The van der Waals surface area contributed by atoms with E-state index in [1.807, 2.05) is 24.4 Å². The Morgan fingerprint density at radius 2 is 2.05 bits per heavy atom. The van der Waals surface area contributed by atoms with E-state index in [2.05, 4.69) is 14.8 Å². The van der Waals surface area contributed by atoms with Crippen LogP contribution in [0.4, 0.5) is 5.82 Å². The summed E-state index contributed by atoms with van der Waals surface area (Å²) in [4.78, 5) is 8.92. The van der Waals surface area contributed by atoms with Crippen molar-refractivity contribution < 1.29 is 14.6 Å². The van der Waals surface area contributed by atoms with Crippen LogP contribution in [0.15, 0.2) is 24.4 Å². The van der Waals surface area contributed by atoms with E-state index >= 15 is 0 Å². The van der Waals surface area contributed by atoms with E-state index in [-0.39, 0.29) is 0 Å². The van der Waals surface area contributed by atoms with Crippen LogP contribution >= 0.6 is 0 Å². The number of anilines is 1. The molecule has 0 spiro atoms. The molecule has 1 N–H and O–H groups in total. The molecule has 21 heavy (non-hydrogen) atoms. The van der Waals surface area contributed by atoms with Gasteiger partial charge in [-0.2, -0.15) is 0 Å². The number of aromatic nitrogens is 1. The number of hydrogen-bond donors (Lipinski definition) is 1. The summed E-state index contributed by atoms with van der Waals surface area (Å²) >= 11 is 0. The Hall–Kier alpha value is -1.21. The second kappa shape index (κ2) is 8.94. The maximum atomic E-state index is 9.95. The molecule has 0 radical (unpaired) electrons. The number of rotatable bonds is 8. The summed E-state index contributed by atoms with van der Waals surface area (Å²) in [6, 6.07) is 5.98. The van der Waals surface area contributed by atoms with Gasteiger partial charge >= 0.3 is 0 Å². The van der Waals surface area contributed by atoms with Crippen LogP contribution in [0.2, 0.25) is 0 Å². The lowest BCUT2D eigenvalue weighted by Crippen LogP contribution is -2.49. The van der Waals surface area contributed by atoms with Crippen LogP contribution in [0.5, 0.6) is 0 Å².